The van der Waals surface area contributed by atoms with Crippen molar-refractivity contribution >= 4 is 58.8 Å². The van der Waals surface area contributed by atoms with Gasteiger partial charge in [-0.15, -0.1) is 22.7 Å². The maximum absolute atomic E-state index is 3.89. The van der Waals surface area contributed by atoms with Crippen molar-refractivity contribution in [3.63, 3.8) is 0 Å². The third-order valence-corrected chi connectivity index (χ3v) is 7.07. The molecule has 0 fully saturated rings. The molecule has 0 bridgehead atoms. The molecule has 2 heterocycles. The van der Waals surface area contributed by atoms with E-state index in [9.17, 15) is 0 Å². The number of hydrogen-bond acceptors (Lipinski definition) is 2. The first-order valence-electron chi connectivity index (χ1n) is 6.89. The van der Waals surface area contributed by atoms with Gasteiger partial charge in [-0.05, 0) is 40.3 Å². The quantitative estimate of drug-likeness (QED) is 0.347. The topological polar surface area (TPSA) is 0 Å². The maximum Gasteiger partial charge on any atom is 0.0530 e. The minimum absolute atomic E-state index is 0.382. The second kappa shape index (κ2) is 5.56. The standard InChI is InChI=1S/C18H13BrS2/c19-15(17-11-18-16(21-17)8-9-20-18)10-13-6-3-5-12-4-1-2-7-14(12)13/h1-9,11,15H,10H2. The largest absolute Gasteiger partial charge is 0.143 e. The van der Waals surface area contributed by atoms with E-state index in [4.69, 9.17) is 0 Å². The van der Waals surface area contributed by atoms with Crippen LogP contribution in [0.5, 0.6) is 0 Å². The molecule has 0 nitrogen and oxygen atoms in total. The van der Waals surface area contributed by atoms with Gasteiger partial charge in [-0.25, -0.2) is 0 Å². The van der Waals surface area contributed by atoms with Gasteiger partial charge in [0.2, 0.25) is 0 Å². The van der Waals surface area contributed by atoms with E-state index in [1.165, 1.54) is 30.6 Å². The lowest BCUT2D eigenvalue weighted by Crippen LogP contribution is -1.94. The fourth-order valence-electron chi connectivity index (χ4n) is 2.70. The Labute approximate surface area is 140 Å². The number of rotatable bonds is 3. The highest BCUT2D eigenvalue weighted by Gasteiger charge is 2.14. The van der Waals surface area contributed by atoms with Gasteiger partial charge in [-0.3, -0.25) is 0 Å². The zero-order chi connectivity index (χ0) is 14.2. The normalized spacial score (nSPS) is 13.0. The lowest BCUT2D eigenvalue weighted by Gasteiger charge is -2.10. The summed E-state index contributed by atoms with van der Waals surface area (Å²) in [4.78, 5) is 1.80. The van der Waals surface area contributed by atoms with Crippen molar-refractivity contribution in [2.45, 2.75) is 11.2 Å². The Balaban J connectivity index is 1.69. The Kier molecular flexibility index (Phi) is 3.57. The second-order valence-electron chi connectivity index (χ2n) is 5.11. The van der Waals surface area contributed by atoms with Crippen molar-refractivity contribution < 1.29 is 0 Å². The van der Waals surface area contributed by atoms with Crippen molar-refractivity contribution in [2.75, 3.05) is 0 Å². The fraction of sp³-hybridized carbons (Fsp3) is 0.111. The van der Waals surface area contributed by atoms with Crippen molar-refractivity contribution in [3.05, 3.63) is 70.4 Å². The van der Waals surface area contributed by atoms with Crippen molar-refractivity contribution in [1.29, 1.82) is 0 Å². The molecule has 2 aromatic carbocycles. The van der Waals surface area contributed by atoms with Crippen molar-refractivity contribution in [1.82, 2.24) is 0 Å². The molecule has 1 unspecified atom stereocenters. The maximum atomic E-state index is 3.89. The molecule has 104 valence electrons. The van der Waals surface area contributed by atoms with E-state index in [2.05, 4.69) is 75.9 Å². The van der Waals surface area contributed by atoms with Gasteiger partial charge in [0.15, 0.2) is 0 Å². The molecule has 0 N–H and O–H groups in total. The van der Waals surface area contributed by atoms with E-state index in [0.717, 1.165) is 6.42 Å². The van der Waals surface area contributed by atoms with Crippen LogP contribution in [-0.2, 0) is 6.42 Å². The van der Waals surface area contributed by atoms with Crippen LogP contribution in [0.2, 0.25) is 0 Å². The molecule has 4 rings (SSSR count). The number of alkyl halides is 1. The third kappa shape index (κ3) is 2.54. The number of hydrogen-bond donors (Lipinski definition) is 0. The smallest absolute Gasteiger partial charge is 0.0530 e. The van der Waals surface area contributed by atoms with E-state index in [0.29, 0.717) is 4.83 Å². The van der Waals surface area contributed by atoms with Crippen LogP contribution in [0.3, 0.4) is 0 Å². The summed E-state index contributed by atoms with van der Waals surface area (Å²) in [6.45, 7) is 0. The van der Waals surface area contributed by atoms with Gasteiger partial charge in [0.1, 0.15) is 0 Å². The van der Waals surface area contributed by atoms with E-state index < -0.39 is 0 Å². The van der Waals surface area contributed by atoms with Crippen LogP contribution in [0, 0.1) is 0 Å². The summed E-state index contributed by atoms with van der Waals surface area (Å²) in [6, 6.07) is 19.8. The monoisotopic (exact) mass is 372 g/mol. The lowest BCUT2D eigenvalue weighted by molar-refractivity contribution is 0.980. The molecule has 21 heavy (non-hydrogen) atoms. The van der Waals surface area contributed by atoms with Crippen LogP contribution < -0.4 is 0 Å². The molecule has 0 amide bonds. The highest BCUT2D eigenvalue weighted by molar-refractivity contribution is 9.09. The first-order chi connectivity index (χ1) is 10.3. The summed E-state index contributed by atoms with van der Waals surface area (Å²) in [5, 5.41) is 4.85. The Morgan fingerprint density at radius 3 is 2.71 bits per heavy atom. The Morgan fingerprint density at radius 2 is 1.81 bits per heavy atom. The molecule has 0 radical (unpaired) electrons. The zero-order valence-corrected chi connectivity index (χ0v) is 14.5. The van der Waals surface area contributed by atoms with Crippen LogP contribution in [0.25, 0.3) is 20.2 Å². The summed E-state index contributed by atoms with van der Waals surface area (Å²) in [5.74, 6) is 0. The molecule has 1 atom stereocenters. The fourth-order valence-corrected chi connectivity index (χ4v) is 5.56. The van der Waals surface area contributed by atoms with E-state index in [-0.39, 0.29) is 0 Å². The van der Waals surface area contributed by atoms with Crippen LogP contribution in [-0.4, -0.2) is 0 Å². The summed E-state index contributed by atoms with van der Waals surface area (Å²) in [7, 11) is 0. The Hall–Kier alpha value is -1.16. The summed E-state index contributed by atoms with van der Waals surface area (Å²) >= 11 is 7.61. The van der Waals surface area contributed by atoms with Gasteiger partial charge in [0.05, 0.1) is 4.83 Å². The van der Waals surface area contributed by atoms with E-state index in [1.54, 1.807) is 0 Å². The Bertz CT molecular complexity index is 870. The summed E-state index contributed by atoms with van der Waals surface area (Å²) in [6.07, 6.45) is 1.02. The lowest BCUT2D eigenvalue weighted by atomic mass is 10.0. The first kappa shape index (κ1) is 13.5. The highest BCUT2D eigenvalue weighted by Crippen LogP contribution is 2.38. The number of halogens is 1. The van der Waals surface area contributed by atoms with Crippen molar-refractivity contribution in [3.8, 4) is 0 Å². The molecule has 0 saturated heterocycles. The zero-order valence-electron chi connectivity index (χ0n) is 11.3. The van der Waals surface area contributed by atoms with E-state index >= 15 is 0 Å². The first-order valence-corrected chi connectivity index (χ1v) is 9.50. The van der Waals surface area contributed by atoms with Crippen LogP contribution in [0.15, 0.2) is 60.0 Å². The molecular formula is C18H13BrS2. The number of fused-ring (bicyclic) bond motifs is 2. The molecule has 4 aromatic rings. The average Bonchev–Trinajstić information content (AvgIpc) is 3.09. The van der Waals surface area contributed by atoms with Gasteiger partial charge in [0.25, 0.3) is 0 Å². The predicted octanol–water partition coefficient (Wildman–Crippen LogP) is 6.79. The molecule has 0 saturated carbocycles. The summed E-state index contributed by atoms with van der Waals surface area (Å²) < 4.78 is 2.80. The predicted molar refractivity (Wildman–Crippen MR) is 99.0 cm³/mol. The van der Waals surface area contributed by atoms with Gasteiger partial charge in [-0.2, -0.15) is 0 Å². The Morgan fingerprint density at radius 1 is 0.952 bits per heavy atom. The highest BCUT2D eigenvalue weighted by atomic mass is 79.9. The van der Waals surface area contributed by atoms with Gasteiger partial charge in [-0.1, -0.05) is 58.4 Å². The third-order valence-electron chi connectivity index (χ3n) is 3.75. The molecule has 2 aromatic heterocycles. The minimum Gasteiger partial charge on any atom is -0.143 e. The van der Waals surface area contributed by atoms with Gasteiger partial charge < -0.3 is 0 Å². The van der Waals surface area contributed by atoms with Crippen LogP contribution in [0.4, 0.5) is 0 Å². The second-order valence-corrected chi connectivity index (χ2v) is 8.28. The van der Waals surface area contributed by atoms with Crippen molar-refractivity contribution in [2.24, 2.45) is 0 Å². The van der Waals surface area contributed by atoms with E-state index in [1.807, 2.05) is 22.7 Å². The average molecular weight is 373 g/mol. The molecule has 0 aliphatic heterocycles. The molecule has 0 aliphatic carbocycles. The van der Waals surface area contributed by atoms with Crippen LogP contribution in [0.1, 0.15) is 15.3 Å². The minimum atomic E-state index is 0.382. The SMILES string of the molecule is BrC(Cc1cccc2ccccc12)c1cc2sccc2s1. The van der Waals surface area contributed by atoms with Gasteiger partial charge in [0, 0.05) is 14.3 Å². The molecule has 0 spiro atoms. The molecular weight excluding hydrogens is 360 g/mol. The number of thiophene rings is 2. The van der Waals surface area contributed by atoms with Crippen LogP contribution >= 0.6 is 38.6 Å². The summed E-state index contributed by atoms with van der Waals surface area (Å²) in [5.41, 5.74) is 1.41. The molecule has 0 aliphatic rings. The number of benzene rings is 2. The van der Waals surface area contributed by atoms with Gasteiger partial charge >= 0.3 is 0 Å². The molecule has 3 heteroatoms.